The van der Waals surface area contributed by atoms with Gasteiger partial charge in [0, 0.05) is 25.2 Å². The molecule has 0 amide bonds. The van der Waals surface area contributed by atoms with Crippen molar-refractivity contribution in [2.75, 3.05) is 11.9 Å². The minimum absolute atomic E-state index is 0.880. The van der Waals surface area contributed by atoms with Crippen molar-refractivity contribution in [2.45, 2.75) is 43.2 Å². The van der Waals surface area contributed by atoms with Crippen molar-refractivity contribution >= 4 is 17.6 Å². The topological polar surface area (TPSA) is 63.6 Å². The van der Waals surface area contributed by atoms with E-state index < -0.39 is 0 Å². The van der Waals surface area contributed by atoms with Crippen LogP contribution in [0.15, 0.2) is 34.7 Å². The van der Waals surface area contributed by atoms with Crippen LogP contribution in [0.25, 0.3) is 0 Å². The molecule has 0 radical (unpaired) electrons. The maximum atomic E-state index is 4.58. The molecule has 6 heteroatoms. The third kappa shape index (κ3) is 4.45. The summed E-state index contributed by atoms with van der Waals surface area (Å²) >= 11 is 1.53. The maximum Gasteiger partial charge on any atom is 0.132 e. The lowest BCUT2D eigenvalue weighted by Crippen LogP contribution is -2.05. The first-order valence-corrected chi connectivity index (χ1v) is 7.69. The fourth-order valence-electron chi connectivity index (χ4n) is 1.65. The van der Waals surface area contributed by atoms with Crippen LogP contribution in [0, 0.1) is 0 Å². The predicted octanol–water partition coefficient (Wildman–Crippen LogP) is 3.19. The average Bonchev–Trinajstić information content (AvgIpc) is 2.46. The summed E-state index contributed by atoms with van der Waals surface area (Å²) in [6.07, 6.45) is 6.28. The van der Waals surface area contributed by atoms with E-state index >= 15 is 0 Å². The number of rotatable bonds is 7. The number of anilines is 1. The molecule has 0 saturated carbocycles. The van der Waals surface area contributed by atoms with Crippen molar-refractivity contribution in [3.05, 3.63) is 30.5 Å². The smallest absolute Gasteiger partial charge is 0.132 e. The lowest BCUT2D eigenvalue weighted by atomic mass is 10.3. The summed E-state index contributed by atoms with van der Waals surface area (Å²) in [5, 5.41) is 5.13. The Balaban J connectivity index is 2.19. The zero-order valence-corrected chi connectivity index (χ0v) is 12.7. The van der Waals surface area contributed by atoms with Gasteiger partial charge in [-0.15, -0.1) is 0 Å². The molecule has 106 valence electrons. The molecule has 0 atom stereocenters. The molecule has 2 rings (SSSR count). The van der Waals surface area contributed by atoms with Crippen LogP contribution < -0.4 is 5.32 Å². The van der Waals surface area contributed by atoms with Gasteiger partial charge in [0.2, 0.25) is 0 Å². The molecule has 2 heterocycles. The Kier molecular flexibility index (Phi) is 5.73. The lowest BCUT2D eigenvalue weighted by Gasteiger charge is -2.08. The highest BCUT2D eigenvalue weighted by molar-refractivity contribution is 7.99. The summed E-state index contributed by atoms with van der Waals surface area (Å²) in [7, 11) is 0. The molecule has 0 aromatic carbocycles. The molecular formula is C14H19N5S. The van der Waals surface area contributed by atoms with E-state index in [-0.39, 0.29) is 0 Å². The first-order valence-electron chi connectivity index (χ1n) is 6.87. The summed E-state index contributed by atoms with van der Waals surface area (Å²) < 4.78 is 0. The number of nitrogens with one attached hydrogen (secondary N) is 1. The van der Waals surface area contributed by atoms with Gasteiger partial charge in [-0.3, -0.25) is 0 Å². The van der Waals surface area contributed by atoms with Crippen LogP contribution in [0.3, 0.4) is 0 Å². The Bertz CT molecular complexity index is 532. The molecule has 5 nitrogen and oxygen atoms in total. The third-order valence-corrected chi connectivity index (χ3v) is 3.41. The van der Waals surface area contributed by atoms with Crippen LogP contribution >= 0.6 is 11.8 Å². The molecule has 0 fully saturated rings. The van der Waals surface area contributed by atoms with Gasteiger partial charge in [-0.2, -0.15) is 0 Å². The minimum Gasteiger partial charge on any atom is -0.370 e. The van der Waals surface area contributed by atoms with Gasteiger partial charge in [0.1, 0.15) is 28.0 Å². The molecule has 0 unspecified atom stereocenters. The van der Waals surface area contributed by atoms with Gasteiger partial charge in [-0.1, -0.05) is 13.8 Å². The highest BCUT2D eigenvalue weighted by Gasteiger charge is 2.06. The first-order chi connectivity index (χ1) is 9.81. The fourth-order valence-corrected chi connectivity index (χ4v) is 2.41. The van der Waals surface area contributed by atoms with Gasteiger partial charge < -0.3 is 5.32 Å². The molecule has 1 N–H and O–H groups in total. The SMILES string of the molecule is CCCNc1cc(Sc2ccncn2)nc(CCC)n1. The summed E-state index contributed by atoms with van der Waals surface area (Å²) in [5.74, 6) is 1.77. The van der Waals surface area contributed by atoms with Crippen molar-refractivity contribution in [1.82, 2.24) is 19.9 Å². The lowest BCUT2D eigenvalue weighted by molar-refractivity contribution is 0.807. The van der Waals surface area contributed by atoms with E-state index in [0.29, 0.717) is 0 Å². The number of nitrogens with zero attached hydrogens (tertiary/aromatic N) is 4. The van der Waals surface area contributed by atoms with Crippen LogP contribution in [-0.2, 0) is 6.42 Å². The second kappa shape index (κ2) is 7.79. The first kappa shape index (κ1) is 14.7. The molecular weight excluding hydrogens is 270 g/mol. The Hall–Kier alpha value is -1.69. The quantitative estimate of drug-likeness (QED) is 0.790. The van der Waals surface area contributed by atoms with Gasteiger partial charge in [0.15, 0.2) is 0 Å². The van der Waals surface area contributed by atoms with Gasteiger partial charge >= 0.3 is 0 Å². The number of hydrogen-bond donors (Lipinski definition) is 1. The molecule has 0 saturated heterocycles. The van der Waals surface area contributed by atoms with Gasteiger partial charge in [-0.05, 0) is 30.7 Å². The van der Waals surface area contributed by atoms with E-state index in [2.05, 4.69) is 39.1 Å². The van der Waals surface area contributed by atoms with Crippen molar-refractivity contribution < 1.29 is 0 Å². The highest BCUT2D eigenvalue weighted by Crippen LogP contribution is 2.25. The summed E-state index contributed by atoms with van der Waals surface area (Å²) in [5.41, 5.74) is 0. The second-order valence-corrected chi connectivity index (χ2v) is 5.37. The van der Waals surface area contributed by atoms with Crippen molar-refractivity contribution in [3.8, 4) is 0 Å². The third-order valence-electron chi connectivity index (χ3n) is 2.54. The fraction of sp³-hybridized carbons (Fsp3) is 0.429. The largest absolute Gasteiger partial charge is 0.370 e. The number of hydrogen-bond acceptors (Lipinski definition) is 6. The van der Waals surface area contributed by atoms with Crippen molar-refractivity contribution in [2.24, 2.45) is 0 Å². The van der Waals surface area contributed by atoms with E-state index in [1.54, 1.807) is 12.5 Å². The van der Waals surface area contributed by atoms with E-state index in [0.717, 1.165) is 47.5 Å². The predicted molar refractivity (Wildman–Crippen MR) is 81.0 cm³/mol. The molecule has 2 aromatic heterocycles. The van der Waals surface area contributed by atoms with E-state index in [4.69, 9.17) is 0 Å². The Morgan fingerprint density at radius 2 is 2.05 bits per heavy atom. The van der Waals surface area contributed by atoms with Gasteiger partial charge in [0.25, 0.3) is 0 Å². The van der Waals surface area contributed by atoms with E-state index in [1.807, 2.05) is 12.1 Å². The Labute approximate surface area is 123 Å². The zero-order valence-electron chi connectivity index (χ0n) is 11.8. The normalized spacial score (nSPS) is 10.5. The average molecular weight is 289 g/mol. The zero-order chi connectivity index (χ0) is 14.2. The number of aromatic nitrogens is 4. The maximum absolute atomic E-state index is 4.58. The molecule has 0 aliphatic heterocycles. The number of aryl methyl sites for hydroxylation is 1. The van der Waals surface area contributed by atoms with Crippen LogP contribution in [0.1, 0.15) is 32.5 Å². The van der Waals surface area contributed by atoms with E-state index in [1.165, 1.54) is 11.8 Å². The summed E-state index contributed by atoms with van der Waals surface area (Å²) in [4.78, 5) is 17.2. The van der Waals surface area contributed by atoms with Crippen LogP contribution in [0.2, 0.25) is 0 Å². The summed E-state index contributed by atoms with van der Waals surface area (Å²) in [6.45, 7) is 5.19. The molecule has 0 aliphatic rings. The second-order valence-electron chi connectivity index (χ2n) is 4.33. The standard InChI is InChI=1S/C14H19N5S/c1-3-5-11-18-12(16-7-4-2)9-14(19-11)20-13-6-8-15-10-17-13/h6,8-10H,3-5,7H2,1-2H3,(H,16,18,19). The molecule has 0 spiro atoms. The van der Waals surface area contributed by atoms with Gasteiger partial charge in [0.05, 0.1) is 0 Å². The Morgan fingerprint density at radius 1 is 1.15 bits per heavy atom. The molecule has 2 aromatic rings. The molecule has 0 bridgehead atoms. The minimum atomic E-state index is 0.880. The van der Waals surface area contributed by atoms with Crippen LogP contribution in [0.5, 0.6) is 0 Å². The van der Waals surface area contributed by atoms with Crippen LogP contribution in [-0.4, -0.2) is 26.5 Å². The Morgan fingerprint density at radius 3 is 2.75 bits per heavy atom. The van der Waals surface area contributed by atoms with Gasteiger partial charge in [-0.25, -0.2) is 19.9 Å². The van der Waals surface area contributed by atoms with Crippen molar-refractivity contribution in [3.63, 3.8) is 0 Å². The van der Waals surface area contributed by atoms with Crippen LogP contribution in [0.4, 0.5) is 5.82 Å². The van der Waals surface area contributed by atoms with Crippen molar-refractivity contribution in [1.29, 1.82) is 0 Å². The monoisotopic (exact) mass is 289 g/mol. The summed E-state index contributed by atoms with van der Waals surface area (Å²) in [6, 6.07) is 3.85. The van der Waals surface area contributed by atoms with E-state index in [9.17, 15) is 0 Å². The molecule has 0 aliphatic carbocycles. The molecule has 20 heavy (non-hydrogen) atoms. The highest BCUT2D eigenvalue weighted by atomic mass is 32.2.